The minimum Gasteiger partial charge on any atom is -0.444 e. The maximum absolute atomic E-state index is 14.0. The molecule has 8 heteroatoms. The van der Waals surface area contributed by atoms with E-state index in [0.29, 0.717) is 19.5 Å². The molecule has 0 unspecified atom stereocenters. The molecule has 2 rings (SSSR count). The maximum Gasteiger partial charge on any atom is 0.407 e. The van der Waals surface area contributed by atoms with Gasteiger partial charge in [-0.25, -0.2) is 9.18 Å². The molecule has 0 aliphatic carbocycles. The van der Waals surface area contributed by atoms with E-state index in [1.807, 2.05) is 0 Å². The molecule has 1 fully saturated rings. The number of alkyl carbamates (subject to hydrolysis) is 1. The van der Waals surface area contributed by atoms with Crippen LogP contribution in [-0.2, 0) is 4.74 Å². The molecule has 126 valence electrons. The maximum atomic E-state index is 14.0. The number of halogens is 1. The first kappa shape index (κ1) is 17.0. The number of carbonyl (C=O) groups excluding carboxylic acids is 1. The molecule has 1 N–H and O–H groups in total. The first-order valence-electron chi connectivity index (χ1n) is 7.35. The van der Waals surface area contributed by atoms with Gasteiger partial charge in [0.2, 0.25) is 0 Å². The van der Waals surface area contributed by atoms with Crippen molar-refractivity contribution in [1.29, 1.82) is 0 Å². The fourth-order valence-electron chi connectivity index (χ4n) is 2.52. The summed E-state index contributed by atoms with van der Waals surface area (Å²) in [6.07, 6.45) is 0.0115. The van der Waals surface area contributed by atoms with Crippen LogP contribution >= 0.6 is 0 Å². The molecule has 0 spiro atoms. The average Bonchev–Trinajstić information content (AvgIpc) is 2.83. The number of rotatable bonds is 3. The Balaban J connectivity index is 2.06. The smallest absolute Gasteiger partial charge is 0.407 e. The lowest BCUT2D eigenvalue weighted by molar-refractivity contribution is -0.384. The SMILES string of the molecule is CC(C)(C)OC(=O)N[C@@H]1CCN(c2c(F)cccc2[N+](=O)[O-])C1. The zero-order valence-electron chi connectivity index (χ0n) is 13.3. The molecule has 1 aliphatic heterocycles. The van der Waals surface area contributed by atoms with Gasteiger partial charge < -0.3 is 15.0 Å². The van der Waals surface area contributed by atoms with Crippen LogP contribution in [0, 0.1) is 15.9 Å². The van der Waals surface area contributed by atoms with Crippen LogP contribution in [0.1, 0.15) is 27.2 Å². The van der Waals surface area contributed by atoms with Crippen LogP contribution < -0.4 is 10.2 Å². The molecule has 0 bridgehead atoms. The van der Waals surface area contributed by atoms with E-state index in [4.69, 9.17) is 4.74 Å². The number of hydrogen-bond donors (Lipinski definition) is 1. The summed E-state index contributed by atoms with van der Waals surface area (Å²) < 4.78 is 19.2. The predicted molar refractivity (Wildman–Crippen MR) is 83.0 cm³/mol. The fraction of sp³-hybridized carbons (Fsp3) is 0.533. The second-order valence-electron chi connectivity index (χ2n) is 6.44. The minimum atomic E-state index is -0.642. The number of benzene rings is 1. The van der Waals surface area contributed by atoms with E-state index < -0.39 is 22.4 Å². The lowest BCUT2D eigenvalue weighted by Gasteiger charge is -2.22. The zero-order valence-corrected chi connectivity index (χ0v) is 13.3. The van der Waals surface area contributed by atoms with Crippen molar-refractivity contribution in [2.75, 3.05) is 18.0 Å². The summed E-state index contributed by atoms with van der Waals surface area (Å²) in [7, 11) is 0. The van der Waals surface area contributed by atoms with E-state index in [9.17, 15) is 19.3 Å². The van der Waals surface area contributed by atoms with Gasteiger partial charge in [-0.3, -0.25) is 10.1 Å². The van der Waals surface area contributed by atoms with E-state index in [2.05, 4.69) is 5.32 Å². The number of nitro groups is 1. The highest BCUT2D eigenvalue weighted by Crippen LogP contribution is 2.33. The minimum absolute atomic E-state index is 0.0361. The number of ether oxygens (including phenoxy) is 1. The molecule has 1 aromatic carbocycles. The molecular formula is C15H20FN3O4. The highest BCUT2D eigenvalue weighted by atomic mass is 19.1. The van der Waals surface area contributed by atoms with Gasteiger partial charge in [-0.1, -0.05) is 6.07 Å². The third-order valence-electron chi connectivity index (χ3n) is 3.39. The molecule has 1 aromatic rings. The summed E-state index contributed by atoms with van der Waals surface area (Å²) >= 11 is 0. The van der Waals surface area contributed by atoms with Gasteiger partial charge in [0, 0.05) is 19.2 Å². The van der Waals surface area contributed by atoms with E-state index >= 15 is 0 Å². The normalized spacial score (nSPS) is 17.9. The van der Waals surface area contributed by atoms with Crippen molar-refractivity contribution >= 4 is 17.5 Å². The molecule has 23 heavy (non-hydrogen) atoms. The molecular weight excluding hydrogens is 305 g/mol. The predicted octanol–water partition coefficient (Wildman–Crippen LogP) is 2.84. The molecule has 0 aromatic heterocycles. The van der Waals surface area contributed by atoms with Gasteiger partial charge >= 0.3 is 6.09 Å². The van der Waals surface area contributed by atoms with Crippen molar-refractivity contribution in [2.24, 2.45) is 0 Å². The van der Waals surface area contributed by atoms with Gasteiger partial charge in [-0.05, 0) is 33.3 Å². The van der Waals surface area contributed by atoms with Crippen LogP contribution in [0.4, 0.5) is 20.6 Å². The van der Waals surface area contributed by atoms with E-state index in [-0.39, 0.29) is 17.4 Å². The van der Waals surface area contributed by atoms with Crippen molar-refractivity contribution in [1.82, 2.24) is 5.32 Å². The molecule has 0 radical (unpaired) electrons. The third kappa shape index (κ3) is 4.30. The van der Waals surface area contributed by atoms with E-state index in [0.717, 1.165) is 0 Å². The Labute approximate surface area is 133 Å². The zero-order chi connectivity index (χ0) is 17.2. The first-order valence-corrected chi connectivity index (χ1v) is 7.35. The van der Waals surface area contributed by atoms with Gasteiger partial charge in [0.05, 0.1) is 11.0 Å². The molecule has 1 amide bonds. The summed E-state index contributed by atoms with van der Waals surface area (Å²) in [5.41, 5.74) is -0.916. The van der Waals surface area contributed by atoms with Crippen LogP contribution in [-0.4, -0.2) is 35.7 Å². The second kappa shape index (κ2) is 6.39. The van der Waals surface area contributed by atoms with Crippen molar-refractivity contribution < 1.29 is 18.8 Å². The number of amides is 1. The highest BCUT2D eigenvalue weighted by Gasteiger charge is 2.31. The summed E-state index contributed by atoms with van der Waals surface area (Å²) in [5.74, 6) is -0.642. The van der Waals surface area contributed by atoms with Crippen LogP contribution in [0.25, 0.3) is 0 Å². The monoisotopic (exact) mass is 325 g/mol. The topological polar surface area (TPSA) is 84.7 Å². The van der Waals surface area contributed by atoms with Gasteiger partial charge in [-0.2, -0.15) is 0 Å². The molecule has 1 heterocycles. The molecule has 1 saturated heterocycles. The number of nitrogens with zero attached hydrogens (tertiary/aromatic N) is 2. The first-order chi connectivity index (χ1) is 10.7. The summed E-state index contributed by atoms with van der Waals surface area (Å²) in [6.45, 7) is 5.99. The summed E-state index contributed by atoms with van der Waals surface area (Å²) in [4.78, 5) is 23.8. The average molecular weight is 325 g/mol. The fourth-order valence-corrected chi connectivity index (χ4v) is 2.52. The number of para-hydroxylation sites is 1. The van der Waals surface area contributed by atoms with Crippen molar-refractivity contribution in [3.63, 3.8) is 0 Å². The number of anilines is 1. The Kier molecular flexibility index (Phi) is 4.72. The van der Waals surface area contributed by atoms with Crippen molar-refractivity contribution in [3.05, 3.63) is 34.1 Å². The second-order valence-corrected chi connectivity index (χ2v) is 6.44. The molecule has 1 aliphatic rings. The number of hydrogen-bond acceptors (Lipinski definition) is 5. The Morgan fingerprint density at radius 3 is 2.78 bits per heavy atom. The lowest BCUT2D eigenvalue weighted by Crippen LogP contribution is -2.40. The van der Waals surface area contributed by atoms with Gasteiger partial charge in [0.1, 0.15) is 5.60 Å². The van der Waals surface area contributed by atoms with E-state index in [1.54, 1.807) is 25.7 Å². The Hall–Kier alpha value is -2.38. The Morgan fingerprint density at radius 1 is 1.48 bits per heavy atom. The summed E-state index contributed by atoms with van der Waals surface area (Å²) in [6, 6.07) is 3.53. The molecule has 7 nitrogen and oxygen atoms in total. The Morgan fingerprint density at radius 2 is 2.17 bits per heavy atom. The lowest BCUT2D eigenvalue weighted by atomic mass is 10.2. The number of nitrogens with one attached hydrogen (secondary N) is 1. The quantitative estimate of drug-likeness (QED) is 0.682. The highest BCUT2D eigenvalue weighted by molar-refractivity contribution is 5.69. The van der Waals surface area contributed by atoms with E-state index in [1.165, 1.54) is 18.2 Å². The van der Waals surface area contributed by atoms with Crippen LogP contribution in [0.15, 0.2) is 18.2 Å². The van der Waals surface area contributed by atoms with Crippen molar-refractivity contribution in [3.8, 4) is 0 Å². The van der Waals surface area contributed by atoms with Crippen LogP contribution in [0.5, 0.6) is 0 Å². The van der Waals surface area contributed by atoms with Gasteiger partial charge in [0.25, 0.3) is 5.69 Å². The van der Waals surface area contributed by atoms with Crippen LogP contribution in [0.3, 0.4) is 0 Å². The number of nitro benzene ring substituents is 1. The molecule has 0 saturated carbocycles. The largest absolute Gasteiger partial charge is 0.444 e. The molecule has 1 atom stereocenters. The standard InChI is InChI=1S/C15H20FN3O4/c1-15(2,3)23-14(20)17-10-7-8-18(9-10)13-11(16)5-4-6-12(13)19(21)22/h4-6,10H,7-9H2,1-3H3,(H,17,20)/t10-/m1/s1. The van der Waals surface area contributed by atoms with Crippen molar-refractivity contribution in [2.45, 2.75) is 38.8 Å². The summed E-state index contributed by atoms with van der Waals surface area (Å²) in [5, 5.41) is 13.8. The van der Waals surface area contributed by atoms with Crippen LogP contribution in [0.2, 0.25) is 0 Å². The van der Waals surface area contributed by atoms with Gasteiger partial charge in [-0.15, -0.1) is 0 Å². The Bertz CT molecular complexity index is 615. The third-order valence-corrected chi connectivity index (χ3v) is 3.39. The number of carbonyl (C=O) groups is 1. The van der Waals surface area contributed by atoms with Gasteiger partial charge in [0.15, 0.2) is 11.5 Å².